The molecule has 1 saturated carbocycles. The topological polar surface area (TPSA) is 79.3 Å². The van der Waals surface area contributed by atoms with Crippen molar-refractivity contribution in [2.24, 2.45) is 11.8 Å². The lowest BCUT2D eigenvalue weighted by Gasteiger charge is -2.36. The Kier molecular flexibility index (Phi) is 44.6. The summed E-state index contributed by atoms with van der Waals surface area (Å²) in [6, 6.07) is 0.662. The first-order chi connectivity index (χ1) is 31.5. The van der Waals surface area contributed by atoms with E-state index in [1.54, 1.807) is 0 Å². The number of aliphatic hydroxyl groups excluding tert-OH is 1. The van der Waals surface area contributed by atoms with Gasteiger partial charge in [-0.2, -0.15) is 0 Å². The Morgan fingerprint density at radius 2 is 0.953 bits per heavy atom. The summed E-state index contributed by atoms with van der Waals surface area (Å²) in [5, 5.41) is 9.94. The van der Waals surface area contributed by atoms with E-state index < -0.39 is 0 Å². The molecule has 0 unspecified atom stereocenters. The van der Waals surface area contributed by atoms with Gasteiger partial charge in [-0.05, 0) is 89.6 Å². The maximum Gasteiger partial charge on any atom is 0.308 e. The van der Waals surface area contributed by atoms with Crippen molar-refractivity contribution in [1.82, 2.24) is 9.80 Å². The third kappa shape index (κ3) is 36.9. The fraction of sp³-hybridized carbons (Fsp3) is 0.965. The van der Waals surface area contributed by atoms with Crippen molar-refractivity contribution in [3.8, 4) is 0 Å². The summed E-state index contributed by atoms with van der Waals surface area (Å²) in [5.41, 5.74) is 0. The predicted octanol–water partition coefficient (Wildman–Crippen LogP) is 16.0. The number of hydrogen-bond acceptors (Lipinski definition) is 7. The van der Waals surface area contributed by atoms with Crippen LogP contribution in [0.2, 0.25) is 0 Å². The van der Waals surface area contributed by atoms with Gasteiger partial charge in [0.1, 0.15) is 0 Å². The Bertz CT molecular complexity index is 957. The molecular weight excluding hydrogens is 793 g/mol. The van der Waals surface area contributed by atoms with Gasteiger partial charge in [-0.3, -0.25) is 19.4 Å². The molecule has 0 aliphatic heterocycles. The van der Waals surface area contributed by atoms with Gasteiger partial charge in [-0.1, -0.05) is 207 Å². The number of carbonyl (C=O) groups excluding carboxylic acids is 2. The molecule has 1 aliphatic carbocycles. The molecule has 0 spiro atoms. The Morgan fingerprint density at radius 3 is 1.48 bits per heavy atom. The van der Waals surface area contributed by atoms with Crippen LogP contribution in [0.3, 0.4) is 0 Å². The van der Waals surface area contributed by atoms with Crippen molar-refractivity contribution in [2.75, 3.05) is 52.5 Å². The van der Waals surface area contributed by atoms with Crippen LogP contribution < -0.4 is 0 Å². The lowest BCUT2D eigenvalue weighted by atomic mass is 9.94. The van der Waals surface area contributed by atoms with Crippen LogP contribution in [0.1, 0.15) is 285 Å². The molecule has 64 heavy (non-hydrogen) atoms. The van der Waals surface area contributed by atoms with Gasteiger partial charge in [-0.15, -0.1) is 0 Å². The molecule has 7 heteroatoms. The summed E-state index contributed by atoms with van der Waals surface area (Å²) >= 11 is 0. The number of rotatable bonds is 49. The minimum absolute atomic E-state index is 0.0134. The first kappa shape index (κ1) is 60.8. The van der Waals surface area contributed by atoms with E-state index >= 15 is 0 Å². The van der Waals surface area contributed by atoms with Crippen LogP contribution >= 0.6 is 0 Å². The normalized spacial score (nSPS) is 13.6. The smallest absolute Gasteiger partial charge is 0.308 e. The molecule has 0 atom stereocenters. The van der Waals surface area contributed by atoms with E-state index in [2.05, 4.69) is 37.5 Å². The molecule has 1 aliphatic rings. The molecular formula is C57H112N2O5. The minimum Gasteiger partial charge on any atom is -0.465 e. The number of carbonyl (C=O) groups is 2. The quantitative estimate of drug-likeness (QED) is 0.0481. The third-order valence-electron chi connectivity index (χ3n) is 14.5. The van der Waals surface area contributed by atoms with E-state index in [1.807, 2.05) is 0 Å². The Labute approximate surface area is 399 Å². The minimum atomic E-state index is -0.0134. The van der Waals surface area contributed by atoms with Crippen molar-refractivity contribution >= 4 is 11.9 Å². The first-order valence-electron chi connectivity index (χ1n) is 28.9. The Morgan fingerprint density at radius 1 is 0.484 bits per heavy atom. The van der Waals surface area contributed by atoms with Crippen LogP contribution in [0.25, 0.3) is 0 Å². The van der Waals surface area contributed by atoms with Gasteiger partial charge in [0.05, 0.1) is 25.7 Å². The first-order valence-corrected chi connectivity index (χ1v) is 28.9. The van der Waals surface area contributed by atoms with E-state index in [4.69, 9.17) is 9.47 Å². The largest absolute Gasteiger partial charge is 0.465 e. The summed E-state index contributed by atoms with van der Waals surface area (Å²) in [4.78, 5) is 31.3. The molecule has 0 radical (unpaired) electrons. The number of esters is 2. The monoisotopic (exact) mass is 905 g/mol. The van der Waals surface area contributed by atoms with E-state index in [9.17, 15) is 14.7 Å². The average molecular weight is 906 g/mol. The van der Waals surface area contributed by atoms with Gasteiger partial charge < -0.3 is 14.6 Å². The number of nitrogens with zero attached hydrogens (tertiary/aromatic N) is 2. The zero-order valence-corrected chi connectivity index (χ0v) is 43.6. The fourth-order valence-corrected chi connectivity index (χ4v) is 10.1. The fourth-order valence-electron chi connectivity index (χ4n) is 10.1. The molecule has 0 heterocycles. The van der Waals surface area contributed by atoms with Crippen LogP contribution in [-0.2, 0) is 19.1 Å². The van der Waals surface area contributed by atoms with E-state index in [0.29, 0.717) is 38.1 Å². The SMILES string of the molecule is CCCCCCCCC(CCCCCCCC)COC(=O)CCCCCN(CCO)CCN(CCCCCOC(=O)C(CCCCCCCC)CCCCCCCC)C1CCCCC1. The molecule has 0 aromatic rings. The number of ether oxygens (including phenoxy) is 2. The molecule has 1 fully saturated rings. The van der Waals surface area contributed by atoms with E-state index in [-0.39, 0.29) is 24.5 Å². The number of hydrogen-bond donors (Lipinski definition) is 1. The zero-order chi connectivity index (χ0) is 46.4. The van der Waals surface area contributed by atoms with E-state index in [0.717, 1.165) is 90.4 Å². The summed E-state index contributed by atoms with van der Waals surface area (Å²) in [6.45, 7) is 15.3. The molecule has 1 N–H and O–H groups in total. The lowest BCUT2D eigenvalue weighted by molar-refractivity contribution is -0.149. The van der Waals surface area contributed by atoms with Crippen molar-refractivity contribution < 1.29 is 24.2 Å². The highest BCUT2D eigenvalue weighted by Crippen LogP contribution is 2.25. The summed E-state index contributed by atoms with van der Waals surface area (Å²) in [6.07, 6.45) is 48.7. The van der Waals surface area contributed by atoms with Crippen molar-refractivity contribution in [3.05, 3.63) is 0 Å². The van der Waals surface area contributed by atoms with Crippen molar-refractivity contribution in [2.45, 2.75) is 291 Å². The van der Waals surface area contributed by atoms with Gasteiger partial charge in [0.15, 0.2) is 0 Å². The zero-order valence-electron chi connectivity index (χ0n) is 43.6. The van der Waals surface area contributed by atoms with Crippen LogP contribution in [0, 0.1) is 11.8 Å². The second-order valence-corrected chi connectivity index (χ2v) is 20.4. The molecule has 7 nitrogen and oxygen atoms in total. The molecule has 0 saturated heterocycles. The predicted molar refractivity (Wildman–Crippen MR) is 275 cm³/mol. The maximum absolute atomic E-state index is 13.3. The number of aliphatic hydroxyl groups is 1. The average Bonchev–Trinajstić information content (AvgIpc) is 3.31. The summed E-state index contributed by atoms with van der Waals surface area (Å²) in [7, 11) is 0. The van der Waals surface area contributed by atoms with Crippen molar-refractivity contribution in [1.29, 1.82) is 0 Å². The maximum atomic E-state index is 13.3. The molecule has 1 rings (SSSR count). The van der Waals surface area contributed by atoms with Crippen LogP contribution in [0.15, 0.2) is 0 Å². The summed E-state index contributed by atoms with van der Waals surface area (Å²) < 4.78 is 11.9. The third-order valence-corrected chi connectivity index (χ3v) is 14.5. The van der Waals surface area contributed by atoms with Gasteiger partial charge in [0.2, 0.25) is 0 Å². The summed E-state index contributed by atoms with van der Waals surface area (Å²) in [5.74, 6) is 0.652. The lowest BCUT2D eigenvalue weighted by Crippen LogP contribution is -2.43. The standard InChI is InChI=1S/C57H112N2O5/c1-5-9-13-17-21-28-38-53(39-29-22-18-14-10-6-2)52-64-56(61)44-34-26-35-45-58(49-50-60)47-48-59(55-42-32-25-33-43-55)46-36-27-37-51-63-57(62)54(40-30-23-19-15-11-7-3)41-31-24-20-16-12-8-4/h53-55,60H,5-52H2,1-4H3. The molecule has 380 valence electrons. The van der Waals surface area contributed by atoms with Gasteiger partial charge in [0.25, 0.3) is 0 Å². The number of unbranched alkanes of at least 4 members (excludes halogenated alkanes) is 24. The Balaban J connectivity index is 2.47. The molecule has 0 aromatic heterocycles. The highest BCUT2D eigenvalue weighted by molar-refractivity contribution is 5.72. The highest BCUT2D eigenvalue weighted by atomic mass is 16.5. The van der Waals surface area contributed by atoms with Crippen LogP contribution in [0.5, 0.6) is 0 Å². The second kappa shape index (κ2) is 46.9. The van der Waals surface area contributed by atoms with E-state index in [1.165, 1.54) is 186 Å². The molecule has 0 bridgehead atoms. The van der Waals surface area contributed by atoms with Crippen LogP contribution in [0.4, 0.5) is 0 Å². The van der Waals surface area contributed by atoms with Gasteiger partial charge in [0, 0.05) is 32.1 Å². The molecule has 0 aromatic carbocycles. The van der Waals surface area contributed by atoms with Crippen LogP contribution in [-0.4, -0.2) is 85.4 Å². The van der Waals surface area contributed by atoms with Crippen molar-refractivity contribution in [3.63, 3.8) is 0 Å². The molecule has 0 amide bonds. The van der Waals surface area contributed by atoms with Gasteiger partial charge in [-0.25, -0.2) is 0 Å². The highest BCUT2D eigenvalue weighted by Gasteiger charge is 2.22. The van der Waals surface area contributed by atoms with Gasteiger partial charge >= 0.3 is 11.9 Å². The Hall–Kier alpha value is -1.18. The second-order valence-electron chi connectivity index (χ2n) is 20.4.